The smallest absolute Gasteiger partial charge is 0.189 e. The van der Waals surface area contributed by atoms with Crippen LogP contribution in [-0.2, 0) is 0 Å². The van der Waals surface area contributed by atoms with Crippen molar-refractivity contribution in [3.05, 3.63) is 41.6 Å². The first-order valence-electron chi connectivity index (χ1n) is 7.20. The maximum absolute atomic E-state index is 8.84. The lowest BCUT2D eigenvalue weighted by Gasteiger charge is -2.08. The Morgan fingerprint density at radius 3 is 2.88 bits per heavy atom. The average Bonchev–Trinajstić information content (AvgIpc) is 3.09. The van der Waals surface area contributed by atoms with Gasteiger partial charge in [-0.15, -0.1) is 11.8 Å². The molecule has 2 N–H and O–H groups in total. The molecule has 0 aliphatic carbocycles. The first-order valence-corrected chi connectivity index (χ1v) is 9.07. The molecule has 0 fully saturated rings. The molecular formula is C16H15N5OS2. The molecule has 2 heterocycles. The number of hydrogen-bond donors (Lipinski definition) is 1. The minimum absolute atomic E-state index is 0.226. The first-order chi connectivity index (χ1) is 11.7. The van der Waals surface area contributed by atoms with Crippen LogP contribution in [0.3, 0.4) is 0 Å². The summed E-state index contributed by atoms with van der Waals surface area (Å²) in [5.41, 5.74) is 7.12. The van der Waals surface area contributed by atoms with Crippen molar-refractivity contribution in [3.8, 4) is 11.8 Å². The summed E-state index contributed by atoms with van der Waals surface area (Å²) in [6, 6.07) is 9.87. The number of methoxy groups -OCH3 is 1. The van der Waals surface area contributed by atoms with Gasteiger partial charge < -0.3 is 10.5 Å². The molecule has 6 nitrogen and oxygen atoms in total. The Morgan fingerprint density at radius 2 is 2.21 bits per heavy atom. The van der Waals surface area contributed by atoms with E-state index in [1.807, 2.05) is 30.3 Å². The lowest BCUT2D eigenvalue weighted by molar-refractivity contribution is 0.415. The van der Waals surface area contributed by atoms with Crippen molar-refractivity contribution >= 4 is 34.4 Å². The SMILES string of the molecule is COc1ccc(C2=NCC(CSc3ncc(C#N)c(N)n3)S2)cc1. The van der Waals surface area contributed by atoms with Crippen molar-refractivity contribution < 1.29 is 4.74 Å². The van der Waals surface area contributed by atoms with Crippen LogP contribution in [0.4, 0.5) is 5.82 Å². The topological polar surface area (TPSA) is 97.2 Å². The maximum atomic E-state index is 8.84. The number of anilines is 1. The van der Waals surface area contributed by atoms with E-state index < -0.39 is 0 Å². The Morgan fingerprint density at radius 1 is 1.42 bits per heavy atom. The van der Waals surface area contributed by atoms with Crippen LogP contribution in [0.1, 0.15) is 11.1 Å². The predicted molar refractivity (Wildman–Crippen MR) is 97.7 cm³/mol. The van der Waals surface area contributed by atoms with E-state index in [-0.39, 0.29) is 5.82 Å². The summed E-state index contributed by atoms with van der Waals surface area (Å²) in [7, 11) is 1.65. The molecule has 0 spiro atoms. The van der Waals surface area contributed by atoms with Crippen molar-refractivity contribution in [3.63, 3.8) is 0 Å². The Bertz CT molecular complexity index is 801. The second kappa shape index (κ2) is 7.55. The van der Waals surface area contributed by atoms with Crippen LogP contribution in [0.25, 0.3) is 0 Å². The van der Waals surface area contributed by atoms with Gasteiger partial charge in [-0.2, -0.15) is 5.26 Å². The van der Waals surface area contributed by atoms with Crippen LogP contribution in [-0.4, -0.2) is 39.7 Å². The molecule has 0 radical (unpaired) electrons. The van der Waals surface area contributed by atoms with Crippen LogP contribution < -0.4 is 10.5 Å². The molecule has 1 aromatic heterocycles. The molecule has 1 aliphatic rings. The zero-order valence-corrected chi connectivity index (χ0v) is 14.6. The fraction of sp³-hybridized carbons (Fsp3) is 0.250. The molecular weight excluding hydrogens is 342 g/mol. The highest BCUT2D eigenvalue weighted by molar-refractivity contribution is 8.16. The van der Waals surface area contributed by atoms with Crippen LogP contribution in [0.2, 0.25) is 0 Å². The fourth-order valence-corrected chi connectivity index (χ4v) is 4.19. The summed E-state index contributed by atoms with van der Waals surface area (Å²) in [6.07, 6.45) is 1.46. The Balaban J connectivity index is 1.55. The van der Waals surface area contributed by atoms with Crippen LogP contribution in [0.5, 0.6) is 5.75 Å². The number of benzene rings is 1. The van der Waals surface area contributed by atoms with E-state index in [1.165, 1.54) is 18.0 Å². The van der Waals surface area contributed by atoms with E-state index in [0.29, 0.717) is 16.0 Å². The summed E-state index contributed by atoms with van der Waals surface area (Å²) in [5.74, 6) is 1.90. The predicted octanol–water partition coefficient (Wildman–Crippen LogP) is 2.59. The van der Waals surface area contributed by atoms with E-state index in [1.54, 1.807) is 18.9 Å². The minimum Gasteiger partial charge on any atom is -0.497 e. The minimum atomic E-state index is 0.226. The standard InChI is InChI=1S/C16H15N5OS2/c1-22-12-4-2-10(3-5-12)15-19-8-13(24-15)9-23-16-20-7-11(6-17)14(18)21-16/h2-5,7,13H,8-9H2,1H3,(H2,18,20,21). The summed E-state index contributed by atoms with van der Waals surface area (Å²) in [4.78, 5) is 12.9. The highest BCUT2D eigenvalue weighted by Crippen LogP contribution is 2.30. The molecule has 8 heteroatoms. The zero-order valence-electron chi connectivity index (χ0n) is 13.0. The maximum Gasteiger partial charge on any atom is 0.189 e. The zero-order chi connectivity index (χ0) is 16.9. The normalized spacial score (nSPS) is 16.5. The van der Waals surface area contributed by atoms with Gasteiger partial charge in [0.05, 0.1) is 24.9 Å². The van der Waals surface area contributed by atoms with Gasteiger partial charge in [0.2, 0.25) is 0 Å². The monoisotopic (exact) mass is 357 g/mol. The third kappa shape index (κ3) is 3.80. The summed E-state index contributed by atoms with van der Waals surface area (Å²) < 4.78 is 5.17. The van der Waals surface area contributed by atoms with Crippen molar-refractivity contribution in [2.24, 2.45) is 4.99 Å². The highest BCUT2D eigenvalue weighted by atomic mass is 32.2. The van der Waals surface area contributed by atoms with E-state index in [2.05, 4.69) is 15.0 Å². The number of rotatable bonds is 5. The highest BCUT2D eigenvalue weighted by Gasteiger charge is 2.21. The molecule has 3 rings (SSSR count). The van der Waals surface area contributed by atoms with Crippen LogP contribution in [0, 0.1) is 11.3 Å². The molecule has 122 valence electrons. The van der Waals surface area contributed by atoms with Crippen molar-refractivity contribution in [2.45, 2.75) is 10.4 Å². The van der Waals surface area contributed by atoms with Gasteiger partial charge in [0.1, 0.15) is 23.2 Å². The largest absolute Gasteiger partial charge is 0.497 e. The molecule has 0 amide bonds. The van der Waals surface area contributed by atoms with Crippen molar-refractivity contribution in [2.75, 3.05) is 25.1 Å². The van der Waals surface area contributed by atoms with Crippen LogP contribution in [0.15, 0.2) is 40.6 Å². The first kappa shape index (κ1) is 16.6. The van der Waals surface area contributed by atoms with Gasteiger partial charge in [-0.3, -0.25) is 4.99 Å². The number of aliphatic imine (C=N–C) groups is 1. The van der Waals surface area contributed by atoms with Crippen molar-refractivity contribution in [1.29, 1.82) is 5.26 Å². The molecule has 1 aliphatic heterocycles. The van der Waals surface area contributed by atoms with Gasteiger partial charge in [-0.05, 0) is 24.3 Å². The quantitative estimate of drug-likeness (QED) is 0.649. The van der Waals surface area contributed by atoms with Gasteiger partial charge in [0, 0.05) is 16.6 Å². The van der Waals surface area contributed by atoms with Gasteiger partial charge in [-0.25, -0.2) is 9.97 Å². The van der Waals surface area contributed by atoms with Gasteiger partial charge in [0.15, 0.2) is 5.16 Å². The number of aromatic nitrogens is 2. The Kier molecular flexibility index (Phi) is 5.23. The molecule has 1 unspecified atom stereocenters. The molecule has 2 aromatic rings. The van der Waals surface area contributed by atoms with E-state index in [0.717, 1.165) is 28.7 Å². The second-order valence-electron chi connectivity index (χ2n) is 4.99. The number of nitrogens with two attached hydrogens (primary N) is 1. The number of thioether (sulfide) groups is 2. The number of nitrogens with zero attached hydrogens (tertiary/aromatic N) is 4. The lowest BCUT2D eigenvalue weighted by atomic mass is 10.2. The molecule has 0 saturated heterocycles. The van der Waals surface area contributed by atoms with Crippen LogP contribution >= 0.6 is 23.5 Å². The van der Waals surface area contributed by atoms with Gasteiger partial charge in [0.25, 0.3) is 0 Å². The number of nitriles is 1. The molecule has 1 atom stereocenters. The van der Waals surface area contributed by atoms with E-state index in [9.17, 15) is 0 Å². The third-order valence-corrected chi connectivity index (χ3v) is 5.84. The lowest BCUT2D eigenvalue weighted by Crippen LogP contribution is -2.08. The van der Waals surface area contributed by atoms with E-state index in [4.69, 9.17) is 15.7 Å². The molecule has 24 heavy (non-hydrogen) atoms. The van der Waals surface area contributed by atoms with E-state index >= 15 is 0 Å². The Labute approximate surface area is 148 Å². The number of nitrogen functional groups attached to an aromatic ring is 1. The van der Waals surface area contributed by atoms with Gasteiger partial charge in [-0.1, -0.05) is 11.8 Å². The van der Waals surface area contributed by atoms with Crippen molar-refractivity contribution in [1.82, 2.24) is 9.97 Å². The Hall–Kier alpha value is -2.24. The third-order valence-electron chi connectivity index (χ3n) is 3.37. The summed E-state index contributed by atoms with van der Waals surface area (Å²) >= 11 is 3.29. The second-order valence-corrected chi connectivity index (χ2v) is 7.26. The number of ether oxygens (including phenoxy) is 1. The molecule has 0 bridgehead atoms. The number of hydrogen-bond acceptors (Lipinski definition) is 8. The molecule has 1 aromatic carbocycles. The summed E-state index contributed by atoms with van der Waals surface area (Å²) in [6.45, 7) is 0.769. The molecule has 0 saturated carbocycles. The van der Waals surface area contributed by atoms with Gasteiger partial charge >= 0.3 is 0 Å². The summed E-state index contributed by atoms with van der Waals surface area (Å²) in [5, 5.41) is 10.8. The average molecular weight is 357 g/mol. The fourth-order valence-electron chi connectivity index (χ4n) is 2.10.